The molecule has 8 heteroatoms. The van der Waals surface area contributed by atoms with Crippen LogP contribution in [0.4, 0.5) is 9.59 Å². The lowest BCUT2D eigenvalue weighted by molar-refractivity contribution is -0.161. The molecular weight excluding hydrogens is 528 g/mol. The molecule has 2 rings (SSSR count). The van der Waals surface area contributed by atoms with Gasteiger partial charge in [0.2, 0.25) is 0 Å². The second-order valence-corrected chi connectivity index (χ2v) is 15.0. The standard InChI is InChI=1S/C34H66N4O4/c1-13-30(7)22-26(24(5)32(9,15-3)37(30)11)34(36-29(41)42,20-18-17-19-21-35-28(39)40)27-23-31(8,14-2)38(12)33(10,16-4)25(27)6/h24-27,35-36H,13-23H2,1-12H3,(H,39,40)(H,41,42). The van der Waals surface area contributed by atoms with Gasteiger partial charge in [0, 0.05) is 34.2 Å². The summed E-state index contributed by atoms with van der Waals surface area (Å²) in [4.78, 5) is 29.2. The largest absolute Gasteiger partial charge is 0.465 e. The first-order chi connectivity index (χ1) is 19.4. The van der Waals surface area contributed by atoms with Crippen LogP contribution in [-0.4, -0.2) is 80.5 Å². The molecule has 2 aliphatic heterocycles. The molecule has 0 aliphatic carbocycles. The Morgan fingerprint density at radius 1 is 0.738 bits per heavy atom. The number of nitrogens with zero attached hydrogens (tertiary/aromatic N) is 2. The molecule has 0 aromatic heterocycles. The molecule has 0 spiro atoms. The lowest BCUT2D eigenvalue weighted by Gasteiger charge is -2.68. The molecular formula is C34H66N4O4. The highest BCUT2D eigenvalue weighted by atomic mass is 16.4. The highest BCUT2D eigenvalue weighted by molar-refractivity contribution is 5.66. The van der Waals surface area contributed by atoms with Crippen LogP contribution in [-0.2, 0) is 0 Å². The molecule has 0 saturated carbocycles. The third kappa shape index (κ3) is 6.45. The van der Waals surface area contributed by atoms with Crippen molar-refractivity contribution in [2.75, 3.05) is 20.6 Å². The minimum Gasteiger partial charge on any atom is -0.465 e. The van der Waals surface area contributed by atoms with Crippen molar-refractivity contribution in [3.63, 3.8) is 0 Å². The average molecular weight is 595 g/mol. The van der Waals surface area contributed by atoms with E-state index in [-0.39, 0.29) is 45.8 Å². The van der Waals surface area contributed by atoms with Gasteiger partial charge < -0.3 is 20.8 Å². The minimum absolute atomic E-state index is 0.0460. The zero-order chi connectivity index (χ0) is 32.3. The fourth-order valence-corrected chi connectivity index (χ4v) is 9.43. The van der Waals surface area contributed by atoms with Crippen LogP contribution >= 0.6 is 0 Å². The number of carboxylic acid groups (broad SMARTS) is 2. The third-order valence-corrected chi connectivity index (χ3v) is 13.8. The van der Waals surface area contributed by atoms with E-state index in [0.29, 0.717) is 6.54 Å². The van der Waals surface area contributed by atoms with E-state index in [1.54, 1.807) is 0 Å². The Morgan fingerprint density at radius 2 is 1.17 bits per heavy atom. The smallest absolute Gasteiger partial charge is 0.405 e. The van der Waals surface area contributed by atoms with Crippen molar-refractivity contribution in [1.82, 2.24) is 20.4 Å². The molecule has 4 N–H and O–H groups in total. The summed E-state index contributed by atoms with van der Waals surface area (Å²) >= 11 is 0. The number of piperidine rings is 2. The molecule has 2 saturated heterocycles. The lowest BCUT2D eigenvalue weighted by Crippen LogP contribution is -2.75. The van der Waals surface area contributed by atoms with Gasteiger partial charge in [-0.2, -0.15) is 0 Å². The number of hydrogen-bond acceptors (Lipinski definition) is 4. The highest BCUT2D eigenvalue weighted by Gasteiger charge is 2.63. The molecule has 2 aliphatic rings. The predicted octanol–water partition coefficient (Wildman–Crippen LogP) is 7.67. The minimum atomic E-state index is -0.993. The number of nitrogens with one attached hydrogen (secondary N) is 2. The van der Waals surface area contributed by atoms with Crippen molar-refractivity contribution in [3.8, 4) is 0 Å². The molecule has 0 aromatic rings. The number of unbranched alkanes of at least 4 members (excludes halogenated alkanes) is 2. The summed E-state index contributed by atoms with van der Waals surface area (Å²) < 4.78 is 0. The van der Waals surface area contributed by atoms with E-state index in [0.717, 1.165) is 64.2 Å². The van der Waals surface area contributed by atoms with Crippen LogP contribution in [0.2, 0.25) is 0 Å². The molecule has 2 heterocycles. The van der Waals surface area contributed by atoms with E-state index in [2.05, 4.69) is 104 Å². The monoisotopic (exact) mass is 595 g/mol. The van der Waals surface area contributed by atoms with Crippen LogP contribution in [0.1, 0.15) is 133 Å². The molecule has 8 nitrogen and oxygen atoms in total. The van der Waals surface area contributed by atoms with Gasteiger partial charge in [0.05, 0.1) is 0 Å². The number of hydrogen-bond donors (Lipinski definition) is 4. The van der Waals surface area contributed by atoms with Gasteiger partial charge in [-0.25, -0.2) is 9.59 Å². The van der Waals surface area contributed by atoms with Crippen LogP contribution in [0, 0.1) is 23.7 Å². The topological polar surface area (TPSA) is 105 Å². The Morgan fingerprint density at radius 3 is 1.50 bits per heavy atom. The fourth-order valence-electron chi connectivity index (χ4n) is 9.43. The number of amides is 2. The first-order valence-electron chi connectivity index (χ1n) is 16.8. The van der Waals surface area contributed by atoms with Crippen molar-refractivity contribution < 1.29 is 19.8 Å². The van der Waals surface area contributed by atoms with E-state index in [4.69, 9.17) is 5.11 Å². The first kappa shape index (κ1) is 36.7. The number of likely N-dealkylation sites (tertiary alicyclic amines) is 2. The Bertz CT molecular complexity index is 881. The Kier molecular flexibility index (Phi) is 11.9. The zero-order valence-corrected chi connectivity index (χ0v) is 29.2. The summed E-state index contributed by atoms with van der Waals surface area (Å²) in [6, 6.07) is 0. The predicted molar refractivity (Wildman–Crippen MR) is 173 cm³/mol. The molecule has 42 heavy (non-hydrogen) atoms. The first-order valence-corrected chi connectivity index (χ1v) is 16.8. The second kappa shape index (κ2) is 13.6. The quantitative estimate of drug-likeness (QED) is 0.163. The van der Waals surface area contributed by atoms with Crippen molar-refractivity contribution in [1.29, 1.82) is 0 Å². The maximum Gasteiger partial charge on any atom is 0.405 e. The van der Waals surface area contributed by atoms with Gasteiger partial charge in [-0.3, -0.25) is 9.80 Å². The van der Waals surface area contributed by atoms with Crippen LogP contribution in [0.25, 0.3) is 0 Å². The van der Waals surface area contributed by atoms with Gasteiger partial charge in [-0.1, -0.05) is 54.4 Å². The van der Waals surface area contributed by atoms with Crippen molar-refractivity contribution in [2.24, 2.45) is 23.7 Å². The molecule has 2 amide bonds. The van der Waals surface area contributed by atoms with E-state index >= 15 is 0 Å². The van der Waals surface area contributed by atoms with Gasteiger partial charge in [0.15, 0.2) is 0 Å². The van der Waals surface area contributed by atoms with Crippen LogP contribution in [0.15, 0.2) is 0 Å². The van der Waals surface area contributed by atoms with Crippen molar-refractivity contribution in [2.45, 2.75) is 161 Å². The average Bonchev–Trinajstić information content (AvgIpc) is 2.95. The van der Waals surface area contributed by atoms with E-state index in [9.17, 15) is 14.7 Å². The summed E-state index contributed by atoms with van der Waals surface area (Å²) in [7, 11) is 4.56. The molecule has 8 atom stereocenters. The van der Waals surface area contributed by atoms with Crippen molar-refractivity contribution >= 4 is 12.2 Å². The molecule has 8 unspecified atom stereocenters. The van der Waals surface area contributed by atoms with Gasteiger partial charge in [-0.05, 0) is 117 Å². The van der Waals surface area contributed by atoms with E-state index in [1.807, 2.05) is 0 Å². The summed E-state index contributed by atoms with van der Waals surface area (Å²) in [6.45, 7) is 23.9. The summed E-state index contributed by atoms with van der Waals surface area (Å²) in [5.74, 6) is 0.880. The molecule has 0 aromatic carbocycles. The number of carbonyl (C=O) groups is 2. The second-order valence-electron chi connectivity index (χ2n) is 15.0. The van der Waals surface area contributed by atoms with Crippen LogP contribution < -0.4 is 10.6 Å². The zero-order valence-electron chi connectivity index (χ0n) is 29.2. The van der Waals surface area contributed by atoms with Crippen LogP contribution in [0.5, 0.6) is 0 Å². The maximum absolute atomic E-state index is 13.0. The molecule has 0 radical (unpaired) electrons. The molecule has 2 fully saturated rings. The maximum atomic E-state index is 13.0. The third-order valence-electron chi connectivity index (χ3n) is 13.8. The summed E-state index contributed by atoms with van der Waals surface area (Å²) in [5.41, 5.74) is -0.832. The summed E-state index contributed by atoms with van der Waals surface area (Å²) in [5, 5.41) is 25.5. The van der Waals surface area contributed by atoms with E-state index < -0.39 is 17.7 Å². The Balaban J connectivity index is 2.79. The van der Waals surface area contributed by atoms with Gasteiger partial charge in [-0.15, -0.1) is 0 Å². The van der Waals surface area contributed by atoms with Gasteiger partial charge >= 0.3 is 12.2 Å². The molecule has 246 valence electrons. The SMILES string of the molecule is CCC1(C)CC(C(CCCCCNC(=O)O)(NC(=O)O)C2CC(C)(CC)N(C)C(C)(CC)C2C)C(C)C(C)(CC)N1C. The number of rotatable bonds is 13. The summed E-state index contributed by atoms with van der Waals surface area (Å²) in [6.07, 6.45) is 7.23. The Labute approximate surface area is 257 Å². The van der Waals surface area contributed by atoms with Gasteiger partial charge in [0.1, 0.15) is 0 Å². The van der Waals surface area contributed by atoms with Crippen LogP contribution in [0.3, 0.4) is 0 Å². The normalized spacial score (nSPS) is 39.4. The van der Waals surface area contributed by atoms with Gasteiger partial charge in [0.25, 0.3) is 0 Å². The fraction of sp³-hybridized carbons (Fsp3) is 0.941. The highest BCUT2D eigenvalue weighted by Crippen LogP contribution is 2.59. The molecule has 0 bridgehead atoms. The van der Waals surface area contributed by atoms with Crippen molar-refractivity contribution in [3.05, 3.63) is 0 Å². The van der Waals surface area contributed by atoms with E-state index in [1.165, 1.54) is 0 Å². The Hall–Kier alpha value is -1.54. The lowest BCUT2D eigenvalue weighted by atomic mass is 9.50.